The molecule has 2 aliphatic rings. The van der Waals surface area contributed by atoms with E-state index in [-0.39, 0.29) is 17.8 Å². The van der Waals surface area contributed by atoms with E-state index >= 15 is 0 Å². The van der Waals surface area contributed by atoms with Crippen LogP contribution in [0.4, 0.5) is 10.5 Å². The fraction of sp³-hybridized carbons (Fsp3) is 0.500. The van der Waals surface area contributed by atoms with E-state index in [0.717, 1.165) is 54.6 Å². The van der Waals surface area contributed by atoms with E-state index < -0.39 is 5.60 Å². The molecule has 6 heteroatoms. The molecule has 2 aliphatic heterocycles. The molecule has 0 atom stereocenters. The summed E-state index contributed by atoms with van der Waals surface area (Å²) in [6.45, 7) is 7.56. The molecule has 0 unspecified atom stereocenters. The van der Waals surface area contributed by atoms with E-state index in [1.807, 2.05) is 56.0 Å². The first-order valence-corrected chi connectivity index (χ1v) is 13.2. The molecule has 6 nitrogen and oxygen atoms in total. The second-order valence-corrected chi connectivity index (χ2v) is 10.9. The SMILES string of the molecule is CC(C)(C)OC(=O)N(CCCCC(=O)c1cc2c3c(c1)CCN3C(=O)CC2)CCCc1ccccc1. The zero-order chi connectivity index (χ0) is 25.7. The van der Waals surface area contributed by atoms with Crippen LogP contribution in [0.15, 0.2) is 42.5 Å². The molecule has 0 saturated heterocycles. The number of Topliss-reactive ketones (excluding diaryl/α,β-unsaturated/α-hetero) is 1. The number of benzene rings is 2. The Balaban J connectivity index is 1.30. The standard InChI is InChI=1S/C30H38N2O4/c1-30(2,3)36-29(35)31(18-9-12-22-10-5-4-6-11-22)17-8-7-13-26(33)25-20-23-14-15-27(34)32-19-16-24(21-25)28(23)32/h4-6,10-11,20-21H,7-9,12-19H2,1-3H3. The third-order valence-corrected chi connectivity index (χ3v) is 6.84. The average molecular weight is 491 g/mol. The Morgan fingerprint density at radius 3 is 2.36 bits per heavy atom. The van der Waals surface area contributed by atoms with Crippen LogP contribution in [0.5, 0.6) is 0 Å². The molecule has 2 aromatic rings. The molecule has 0 spiro atoms. The van der Waals surface area contributed by atoms with E-state index in [1.165, 1.54) is 5.56 Å². The fourth-order valence-corrected chi connectivity index (χ4v) is 5.09. The summed E-state index contributed by atoms with van der Waals surface area (Å²) >= 11 is 0. The number of anilines is 1. The normalized spacial score (nSPS) is 14.5. The Morgan fingerprint density at radius 1 is 0.944 bits per heavy atom. The van der Waals surface area contributed by atoms with Gasteiger partial charge in [0, 0.05) is 38.0 Å². The number of hydrogen-bond donors (Lipinski definition) is 0. The number of amides is 2. The van der Waals surface area contributed by atoms with E-state index in [9.17, 15) is 14.4 Å². The quantitative estimate of drug-likeness (QED) is 0.314. The molecule has 2 heterocycles. The minimum absolute atomic E-state index is 0.136. The van der Waals surface area contributed by atoms with Gasteiger partial charge in [0.25, 0.3) is 0 Å². The van der Waals surface area contributed by atoms with Crippen molar-refractivity contribution in [3.8, 4) is 0 Å². The summed E-state index contributed by atoms with van der Waals surface area (Å²) in [5.41, 5.74) is 4.77. The van der Waals surface area contributed by atoms with Crippen LogP contribution in [0, 0.1) is 0 Å². The van der Waals surface area contributed by atoms with E-state index in [1.54, 1.807) is 4.90 Å². The third-order valence-electron chi connectivity index (χ3n) is 6.84. The lowest BCUT2D eigenvalue weighted by atomic mass is 9.94. The van der Waals surface area contributed by atoms with Crippen molar-refractivity contribution >= 4 is 23.5 Å². The summed E-state index contributed by atoms with van der Waals surface area (Å²) in [7, 11) is 0. The van der Waals surface area contributed by atoms with Crippen LogP contribution < -0.4 is 4.90 Å². The number of hydrogen-bond acceptors (Lipinski definition) is 4. The van der Waals surface area contributed by atoms with Crippen molar-refractivity contribution in [1.82, 2.24) is 4.90 Å². The van der Waals surface area contributed by atoms with Crippen molar-refractivity contribution in [2.45, 2.75) is 77.7 Å². The molecule has 0 N–H and O–H groups in total. The lowest BCUT2D eigenvalue weighted by Crippen LogP contribution is -2.38. The highest BCUT2D eigenvalue weighted by atomic mass is 16.6. The molecule has 192 valence electrons. The summed E-state index contributed by atoms with van der Waals surface area (Å²) in [4.78, 5) is 41.6. The summed E-state index contributed by atoms with van der Waals surface area (Å²) in [5, 5.41) is 0. The number of aryl methyl sites for hydroxylation is 2. The molecule has 2 amide bonds. The minimum Gasteiger partial charge on any atom is -0.444 e. The maximum Gasteiger partial charge on any atom is 0.410 e. The molecule has 0 bridgehead atoms. The summed E-state index contributed by atoms with van der Waals surface area (Å²) in [6.07, 6.45) is 5.45. The van der Waals surface area contributed by atoms with Gasteiger partial charge in [0.1, 0.15) is 5.60 Å². The Bertz CT molecular complexity index is 1100. The van der Waals surface area contributed by atoms with E-state index in [0.29, 0.717) is 38.8 Å². The number of ether oxygens (including phenoxy) is 1. The number of ketones is 1. The Labute approximate surface area is 214 Å². The molecular weight excluding hydrogens is 452 g/mol. The Kier molecular flexibility index (Phi) is 8.12. The lowest BCUT2D eigenvalue weighted by Gasteiger charge is -2.27. The summed E-state index contributed by atoms with van der Waals surface area (Å²) in [5.74, 6) is 0.330. The lowest BCUT2D eigenvalue weighted by molar-refractivity contribution is -0.118. The average Bonchev–Trinajstić information content (AvgIpc) is 3.27. The smallest absolute Gasteiger partial charge is 0.410 e. The van der Waals surface area contributed by atoms with Crippen LogP contribution in [-0.4, -0.2) is 47.9 Å². The first-order chi connectivity index (χ1) is 17.2. The molecular formula is C30H38N2O4. The highest BCUT2D eigenvalue weighted by molar-refractivity contribution is 6.02. The van der Waals surface area contributed by atoms with Gasteiger partial charge in [0.05, 0.1) is 5.69 Å². The zero-order valence-corrected chi connectivity index (χ0v) is 21.8. The summed E-state index contributed by atoms with van der Waals surface area (Å²) < 4.78 is 5.63. The van der Waals surface area contributed by atoms with Gasteiger partial charge < -0.3 is 14.5 Å². The molecule has 0 radical (unpaired) electrons. The van der Waals surface area contributed by atoms with Crippen LogP contribution >= 0.6 is 0 Å². The van der Waals surface area contributed by atoms with Gasteiger partial charge in [-0.25, -0.2) is 4.79 Å². The second-order valence-electron chi connectivity index (χ2n) is 10.9. The molecule has 0 aromatic heterocycles. The topological polar surface area (TPSA) is 66.9 Å². The van der Waals surface area contributed by atoms with Crippen molar-refractivity contribution in [2.24, 2.45) is 0 Å². The molecule has 0 fully saturated rings. The molecule has 0 aliphatic carbocycles. The predicted octanol–water partition coefficient (Wildman–Crippen LogP) is 5.74. The predicted molar refractivity (Wildman–Crippen MR) is 142 cm³/mol. The van der Waals surface area contributed by atoms with E-state index in [4.69, 9.17) is 4.74 Å². The molecule has 36 heavy (non-hydrogen) atoms. The maximum absolute atomic E-state index is 13.0. The van der Waals surface area contributed by atoms with Gasteiger partial charge in [0.2, 0.25) is 5.91 Å². The summed E-state index contributed by atoms with van der Waals surface area (Å²) in [6, 6.07) is 14.2. The van der Waals surface area contributed by atoms with Gasteiger partial charge in [-0.05, 0) is 88.1 Å². The maximum atomic E-state index is 13.0. The van der Waals surface area contributed by atoms with Crippen LogP contribution in [0.25, 0.3) is 0 Å². The van der Waals surface area contributed by atoms with Gasteiger partial charge in [-0.2, -0.15) is 0 Å². The van der Waals surface area contributed by atoms with Gasteiger partial charge in [-0.1, -0.05) is 30.3 Å². The van der Waals surface area contributed by atoms with Gasteiger partial charge >= 0.3 is 6.09 Å². The van der Waals surface area contributed by atoms with Crippen LogP contribution in [-0.2, 0) is 28.8 Å². The van der Waals surface area contributed by atoms with E-state index in [2.05, 4.69) is 12.1 Å². The van der Waals surface area contributed by atoms with Gasteiger partial charge in [-0.15, -0.1) is 0 Å². The van der Waals surface area contributed by atoms with Crippen molar-refractivity contribution in [2.75, 3.05) is 24.5 Å². The number of carbonyl (C=O) groups excluding carboxylic acids is 3. The third kappa shape index (κ3) is 6.54. The van der Waals surface area contributed by atoms with Gasteiger partial charge in [0.15, 0.2) is 5.78 Å². The molecule has 4 rings (SSSR count). The van der Waals surface area contributed by atoms with Gasteiger partial charge in [-0.3, -0.25) is 9.59 Å². The largest absolute Gasteiger partial charge is 0.444 e. The van der Waals surface area contributed by atoms with Crippen LogP contribution in [0.1, 0.15) is 79.9 Å². The minimum atomic E-state index is -0.543. The monoisotopic (exact) mass is 490 g/mol. The fourth-order valence-electron chi connectivity index (χ4n) is 5.09. The Hall–Kier alpha value is -3.15. The van der Waals surface area contributed by atoms with Crippen molar-refractivity contribution in [1.29, 1.82) is 0 Å². The first-order valence-electron chi connectivity index (χ1n) is 13.2. The van der Waals surface area contributed by atoms with Crippen molar-refractivity contribution in [3.63, 3.8) is 0 Å². The Morgan fingerprint density at radius 2 is 1.64 bits per heavy atom. The van der Waals surface area contributed by atoms with Crippen molar-refractivity contribution in [3.05, 3.63) is 64.7 Å². The number of carbonyl (C=O) groups is 3. The number of unbranched alkanes of at least 4 members (excludes halogenated alkanes) is 1. The van der Waals surface area contributed by atoms with Crippen molar-refractivity contribution < 1.29 is 19.1 Å². The molecule has 0 saturated carbocycles. The first kappa shape index (κ1) is 25.9. The van der Waals surface area contributed by atoms with Crippen LogP contribution in [0.3, 0.4) is 0 Å². The number of rotatable bonds is 10. The zero-order valence-electron chi connectivity index (χ0n) is 21.8. The second kappa shape index (κ2) is 11.3. The highest BCUT2D eigenvalue weighted by Gasteiger charge is 2.32. The highest BCUT2D eigenvalue weighted by Crippen LogP contribution is 2.37. The van der Waals surface area contributed by atoms with Crippen LogP contribution in [0.2, 0.25) is 0 Å². The number of nitrogens with zero attached hydrogens (tertiary/aromatic N) is 2. The molecule has 2 aromatic carbocycles.